The summed E-state index contributed by atoms with van der Waals surface area (Å²) in [6, 6.07) is 20.8. The van der Waals surface area contributed by atoms with Crippen LogP contribution in [0.2, 0.25) is 0 Å². The number of hydrogen-bond acceptors (Lipinski definition) is 7. The molecule has 3 atom stereocenters. The molecule has 2 amide bonds. The lowest BCUT2D eigenvalue weighted by Crippen LogP contribution is -2.32. The van der Waals surface area contributed by atoms with E-state index < -0.39 is 64.3 Å². The maximum absolute atomic E-state index is 13.7. The molecule has 3 unspecified atom stereocenters. The molecule has 0 radical (unpaired) electrons. The van der Waals surface area contributed by atoms with Gasteiger partial charge in [-0.2, -0.15) is 0 Å². The summed E-state index contributed by atoms with van der Waals surface area (Å²) in [7, 11) is 0. The molecule has 49 heavy (non-hydrogen) atoms. The molecule has 11 nitrogen and oxygen atoms in total. The maximum atomic E-state index is 13.7. The zero-order chi connectivity index (χ0) is 36.4. The molecule has 4 N–H and O–H groups in total. The Kier molecular flexibility index (Phi) is 10.1. The van der Waals surface area contributed by atoms with Gasteiger partial charge in [-0.3, -0.25) is 25.0 Å². The summed E-state index contributed by atoms with van der Waals surface area (Å²) < 4.78 is 10.5. The second-order valence-corrected chi connectivity index (χ2v) is 14.2. The van der Waals surface area contributed by atoms with E-state index in [1.165, 1.54) is 24.3 Å². The number of allylic oxidation sites excluding steroid dienone is 1. The molecule has 1 aliphatic carbocycles. The van der Waals surface area contributed by atoms with E-state index in [1.807, 2.05) is 0 Å². The number of carboxylic acid groups (broad SMARTS) is 2. The van der Waals surface area contributed by atoms with Gasteiger partial charge in [0, 0.05) is 29.3 Å². The van der Waals surface area contributed by atoms with E-state index in [1.54, 1.807) is 96.1 Å². The normalized spacial score (nSPS) is 20.0. The fraction of sp³-hybridized carbons (Fsp3) is 0.342. The molecular weight excluding hydrogens is 628 g/mol. The third-order valence-corrected chi connectivity index (χ3v) is 8.32. The largest absolute Gasteiger partial charge is 0.481 e. The van der Waals surface area contributed by atoms with Crippen molar-refractivity contribution in [3.63, 3.8) is 0 Å². The van der Waals surface area contributed by atoms with Crippen molar-refractivity contribution in [1.29, 1.82) is 0 Å². The first-order valence-electron chi connectivity index (χ1n) is 15.7. The molecule has 0 saturated heterocycles. The van der Waals surface area contributed by atoms with Crippen molar-refractivity contribution < 1.29 is 43.7 Å². The number of anilines is 2. The number of hydrogen-bond donors (Lipinski definition) is 4. The van der Waals surface area contributed by atoms with Crippen LogP contribution in [-0.4, -0.2) is 51.3 Å². The Balaban J connectivity index is 1.63. The van der Waals surface area contributed by atoms with Crippen LogP contribution in [0.15, 0.2) is 85.4 Å². The standard InChI is InChI=1S/C38H42N2O9/c1-23(24-13-17-27(18-14-24)39-33(46)48-35(2,3)4)21-37(31(42)43)30(26-11-9-8-10-12-26)38(37,32(44)45)22-29(41)25-15-19-28(20-16-25)40-34(47)49-36(5,6)7/h8-20,30H,1,21-22H2,2-7H3,(H,39,46)(H,40,47)(H,42,43)(H,44,45). The molecule has 1 saturated carbocycles. The third kappa shape index (κ3) is 7.99. The minimum Gasteiger partial charge on any atom is -0.481 e. The molecule has 11 heteroatoms. The van der Waals surface area contributed by atoms with E-state index in [9.17, 15) is 34.2 Å². The second kappa shape index (κ2) is 13.6. The average molecular weight is 671 g/mol. The molecule has 1 aliphatic rings. The number of benzene rings is 3. The monoisotopic (exact) mass is 670 g/mol. The number of ether oxygens (including phenoxy) is 2. The number of carbonyl (C=O) groups is 5. The molecule has 0 heterocycles. The molecule has 3 aromatic carbocycles. The molecule has 3 aromatic rings. The van der Waals surface area contributed by atoms with Gasteiger partial charge in [0.05, 0.1) is 5.41 Å². The number of carbonyl (C=O) groups excluding carboxylic acids is 3. The Morgan fingerprint density at radius 3 is 1.47 bits per heavy atom. The number of carboxylic acids is 2. The van der Waals surface area contributed by atoms with Crippen molar-refractivity contribution >= 4 is 46.9 Å². The number of Topliss-reactive ketones (excluding diaryl/α,β-unsaturated/α-hetero) is 1. The molecule has 258 valence electrons. The number of rotatable bonds is 11. The highest BCUT2D eigenvalue weighted by atomic mass is 16.6. The minimum atomic E-state index is -2.01. The minimum absolute atomic E-state index is 0.153. The number of nitrogens with one attached hydrogen (secondary N) is 2. The number of ketones is 1. The third-order valence-electron chi connectivity index (χ3n) is 8.32. The average Bonchev–Trinajstić information content (AvgIpc) is 3.59. The zero-order valence-corrected chi connectivity index (χ0v) is 28.5. The number of aliphatic carboxylic acids is 2. The fourth-order valence-corrected chi connectivity index (χ4v) is 6.28. The Bertz CT molecular complexity index is 1640. The summed E-state index contributed by atoms with van der Waals surface area (Å²) in [6.07, 6.45) is -2.18. The van der Waals surface area contributed by atoms with Gasteiger partial charge in [0.2, 0.25) is 0 Å². The lowest BCUT2D eigenvalue weighted by atomic mass is 9.81. The topological polar surface area (TPSA) is 168 Å². The van der Waals surface area contributed by atoms with Gasteiger partial charge in [-0.15, -0.1) is 0 Å². The molecule has 4 rings (SSSR count). The quantitative estimate of drug-likeness (QED) is 0.148. The van der Waals surface area contributed by atoms with Crippen molar-refractivity contribution in [1.82, 2.24) is 0 Å². The highest BCUT2D eigenvalue weighted by Crippen LogP contribution is 2.79. The molecule has 1 fully saturated rings. The predicted molar refractivity (Wildman–Crippen MR) is 185 cm³/mol. The number of amides is 2. The SMILES string of the molecule is C=C(CC1(C(=O)O)C(c2ccccc2)C1(CC(=O)c1ccc(NC(=O)OC(C)(C)C)cc1)C(=O)O)c1ccc(NC(=O)OC(C)(C)C)cc1. The first-order chi connectivity index (χ1) is 22.8. The van der Waals surface area contributed by atoms with Gasteiger partial charge in [-0.25, -0.2) is 9.59 Å². The van der Waals surface area contributed by atoms with E-state index in [2.05, 4.69) is 17.2 Å². The second-order valence-electron chi connectivity index (χ2n) is 14.2. The van der Waals surface area contributed by atoms with Crippen LogP contribution in [0, 0.1) is 10.8 Å². The molecule has 0 spiro atoms. The highest BCUT2D eigenvalue weighted by molar-refractivity contribution is 6.05. The van der Waals surface area contributed by atoms with Crippen molar-refractivity contribution in [3.05, 3.63) is 102 Å². The lowest BCUT2D eigenvalue weighted by Gasteiger charge is -2.21. The molecule has 0 aliphatic heterocycles. The Morgan fingerprint density at radius 2 is 1.06 bits per heavy atom. The van der Waals surface area contributed by atoms with E-state index in [0.717, 1.165) is 0 Å². The smallest absolute Gasteiger partial charge is 0.412 e. The van der Waals surface area contributed by atoms with E-state index in [-0.39, 0.29) is 12.0 Å². The van der Waals surface area contributed by atoms with Gasteiger partial charge in [0.15, 0.2) is 5.78 Å². The summed E-state index contributed by atoms with van der Waals surface area (Å²) in [6.45, 7) is 14.5. The molecular formula is C38H42N2O9. The van der Waals surface area contributed by atoms with E-state index in [0.29, 0.717) is 28.1 Å². The van der Waals surface area contributed by atoms with E-state index in [4.69, 9.17) is 9.47 Å². The lowest BCUT2D eigenvalue weighted by molar-refractivity contribution is -0.153. The Labute approximate surface area is 285 Å². The van der Waals surface area contributed by atoms with Crippen LogP contribution in [0.25, 0.3) is 5.57 Å². The van der Waals surface area contributed by atoms with Crippen molar-refractivity contribution in [2.75, 3.05) is 10.6 Å². The predicted octanol–water partition coefficient (Wildman–Crippen LogP) is 8.00. The van der Waals surface area contributed by atoms with Gasteiger partial charge < -0.3 is 19.7 Å². The summed E-state index contributed by atoms with van der Waals surface area (Å²) in [4.78, 5) is 64.6. The highest BCUT2D eigenvalue weighted by Gasteiger charge is 2.85. The van der Waals surface area contributed by atoms with Crippen molar-refractivity contribution in [2.24, 2.45) is 10.8 Å². The van der Waals surface area contributed by atoms with E-state index >= 15 is 0 Å². The van der Waals surface area contributed by atoms with Gasteiger partial charge in [0.25, 0.3) is 0 Å². The molecule has 0 aromatic heterocycles. The maximum Gasteiger partial charge on any atom is 0.412 e. The van der Waals surface area contributed by atoms with Crippen LogP contribution >= 0.6 is 0 Å². The van der Waals surface area contributed by atoms with Crippen LogP contribution < -0.4 is 10.6 Å². The van der Waals surface area contributed by atoms with Crippen LogP contribution in [-0.2, 0) is 19.1 Å². The van der Waals surface area contributed by atoms with Crippen LogP contribution in [0.3, 0.4) is 0 Å². The fourth-order valence-electron chi connectivity index (χ4n) is 6.28. The van der Waals surface area contributed by atoms with Gasteiger partial charge >= 0.3 is 24.1 Å². The summed E-state index contributed by atoms with van der Waals surface area (Å²) in [5.74, 6) is -4.40. The summed E-state index contributed by atoms with van der Waals surface area (Å²) >= 11 is 0. The van der Waals surface area contributed by atoms with Crippen LogP contribution in [0.1, 0.15) is 81.8 Å². The van der Waals surface area contributed by atoms with Gasteiger partial charge in [-0.05, 0) is 101 Å². The van der Waals surface area contributed by atoms with Crippen molar-refractivity contribution in [2.45, 2.75) is 71.5 Å². The Morgan fingerprint density at radius 1 is 0.653 bits per heavy atom. The van der Waals surface area contributed by atoms with Crippen LogP contribution in [0.5, 0.6) is 0 Å². The van der Waals surface area contributed by atoms with Gasteiger partial charge in [0.1, 0.15) is 16.6 Å². The van der Waals surface area contributed by atoms with Crippen molar-refractivity contribution in [3.8, 4) is 0 Å². The first-order valence-corrected chi connectivity index (χ1v) is 15.7. The molecule has 0 bridgehead atoms. The zero-order valence-electron chi connectivity index (χ0n) is 28.5. The van der Waals surface area contributed by atoms with Crippen LogP contribution in [0.4, 0.5) is 21.0 Å². The van der Waals surface area contributed by atoms with Gasteiger partial charge in [-0.1, -0.05) is 49.0 Å². The Hall–Kier alpha value is -5.45. The summed E-state index contributed by atoms with van der Waals surface area (Å²) in [5, 5.41) is 26.8. The first kappa shape index (κ1) is 36.4. The summed E-state index contributed by atoms with van der Waals surface area (Å²) in [5.41, 5.74) is -3.03.